The van der Waals surface area contributed by atoms with Crippen molar-refractivity contribution in [3.05, 3.63) is 52.8 Å². The molecule has 1 atom stereocenters. The highest BCUT2D eigenvalue weighted by molar-refractivity contribution is 6.31. The Morgan fingerprint density at radius 3 is 2.85 bits per heavy atom. The van der Waals surface area contributed by atoms with E-state index in [4.69, 9.17) is 11.6 Å². The monoisotopic (exact) mass is 295 g/mol. The molecule has 5 heteroatoms. The second-order valence-electron chi connectivity index (χ2n) is 4.83. The van der Waals surface area contributed by atoms with E-state index in [0.717, 1.165) is 30.8 Å². The third-order valence-electron chi connectivity index (χ3n) is 3.29. The molecule has 0 aliphatic rings. The fourth-order valence-electron chi connectivity index (χ4n) is 2.17. The van der Waals surface area contributed by atoms with Crippen LogP contribution in [0.25, 0.3) is 0 Å². The summed E-state index contributed by atoms with van der Waals surface area (Å²) in [4.78, 5) is 4.34. The quantitative estimate of drug-likeness (QED) is 0.884. The summed E-state index contributed by atoms with van der Waals surface area (Å²) in [7, 11) is 1.96. The molecule has 0 spiro atoms. The van der Waals surface area contributed by atoms with Gasteiger partial charge in [-0.05, 0) is 30.7 Å². The third-order valence-corrected chi connectivity index (χ3v) is 3.61. The van der Waals surface area contributed by atoms with Crippen molar-refractivity contribution in [2.75, 3.05) is 6.54 Å². The van der Waals surface area contributed by atoms with Gasteiger partial charge in [-0.15, -0.1) is 0 Å². The van der Waals surface area contributed by atoms with Gasteiger partial charge in [-0.3, -0.25) is 0 Å². The van der Waals surface area contributed by atoms with Crippen molar-refractivity contribution in [1.82, 2.24) is 14.9 Å². The van der Waals surface area contributed by atoms with Gasteiger partial charge in [0, 0.05) is 36.9 Å². The van der Waals surface area contributed by atoms with Crippen molar-refractivity contribution < 1.29 is 4.39 Å². The second kappa shape index (κ2) is 6.86. The van der Waals surface area contributed by atoms with Gasteiger partial charge in [0.1, 0.15) is 11.6 Å². The van der Waals surface area contributed by atoms with Crippen molar-refractivity contribution in [2.24, 2.45) is 7.05 Å². The third kappa shape index (κ3) is 3.58. The fourth-order valence-corrected chi connectivity index (χ4v) is 2.47. The van der Waals surface area contributed by atoms with E-state index in [9.17, 15) is 4.39 Å². The van der Waals surface area contributed by atoms with Crippen LogP contribution in [0.1, 0.15) is 30.8 Å². The van der Waals surface area contributed by atoms with Crippen molar-refractivity contribution >= 4 is 11.6 Å². The summed E-state index contributed by atoms with van der Waals surface area (Å²) in [5.74, 6) is 0.656. The van der Waals surface area contributed by atoms with E-state index in [1.165, 1.54) is 12.1 Å². The number of aromatic nitrogens is 2. The Morgan fingerprint density at radius 1 is 1.45 bits per heavy atom. The van der Waals surface area contributed by atoms with Crippen LogP contribution in [0.3, 0.4) is 0 Å². The van der Waals surface area contributed by atoms with Gasteiger partial charge in [-0.2, -0.15) is 0 Å². The van der Waals surface area contributed by atoms with E-state index >= 15 is 0 Å². The molecular formula is C15H19ClFN3. The highest BCUT2D eigenvalue weighted by Crippen LogP contribution is 2.26. The van der Waals surface area contributed by atoms with Crippen LogP contribution in [-0.4, -0.2) is 16.1 Å². The fraction of sp³-hybridized carbons (Fsp3) is 0.400. The number of benzene rings is 1. The van der Waals surface area contributed by atoms with Crippen LogP contribution < -0.4 is 5.32 Å². The van der Waals surface area contributed by atoms with Gasteiger partial charge in [0.25, 0.3) is 0 Å². The smallest absolute Gasteiger partial charge is 0.124 e. The highest BCUT2D eigenvalue weighted by Gasteiger charge is 2.17. The summed E-state index contributed by atoms with van der Waals surface area (Å²) in [6.45, 7) is 2.99. The Bertz CT molecular complexity index is 568. The second-order valence-corrected chi connectivity index (χ2v) is 5.24. The van der Waals surface area contributed by atoms with E-state index in [1.807, 2.05) is 17.8 Å². The lowest BCUT2D eigenvalue weighted by molar-refractivity contribution is 0.511. The summed E-state index contributed by atoms with van der Waals surface area (Å²) in [6.07, 6.45) is 5.43. The summed E-state index contributed by atoms with van der Waals surface area (Å²) >= 11 is 6.18. The summed E-state index contributed by atoms with van der Waals surface area (Å²) in [5.41, 5.74) is 0.907. The molecule has 2 rings (SSSR count). The molecule has 1 aromatic carbocycles. The first-order valence-electron chi connectivity index (χ1n) is 6.76. The number of hydrogen-bond donors (Lipinski definition) is 1. The highest BCUT2D eigenvalue weighted by atomic mass is 35.5. The maximum Gasteiger partial charge on any atom is 0.124 e. The van der Waals surface area contributed by atoms with Crippen LogP contribution in [0.15, 0.2) is 30.6 Å². The van der Waals surface area contributed by atoms with Gasteiger partial charge in [0.2, 0.25) is 0 Å². The van der Waals surface area contributed by atoms with Gasteiger partial charge in [0.05, 0.1) is 0 Å². The number of rotatable bonds is 6. The first-order valence-corrected chi connectivity index (χ1v) is 7.14. The molecule has 1 heterocycles. The summed E-state index contributed by atoms with van der Waals surface area (Å²) in [6, 6.07) is 4.58. The minimum atomic E-state index is -0.315. The van der Waals surface area contributed by atoms with Gasteiger partial charge >= 0.3 is 0 Å². The molecule has 0 bridgehead atoms. The summed E-state index contributed by atoms with van der Waals surface area (Å²) in [5, 5.41) is 3.90. The molecule has 1 N–H and O–H groups in total. The molecule has 0 saturated carbocycles. The normalized spacial score (nSPS) is 12.6. The predicted octanol–water partition coefficient (Wildman–Crippen LogP) is 3.50. The largest absolute Gasteiger partial charge is 0.338 e. The molecule has 1 aromatic heterocycles. The number of aryl methyl sites for hydroxylation is 1. The minimum Gasteiger partial charge on any atom is -0.338 e. The minimum absolute atomic E-state index is 0.0316. The number of imidazole rings is 1. The topological polar surface area (TPSA) is 29.9 Å². The molecule has 0 saturated heterocycles. The van der Waals surface area contributed by atoms with E-state index < -0.39 is 0 Å². The van der Waals surface area contributed by atoms with Gasteiger partial charge in [0.15, 0.2) is 0 Å². The Kier molecular flexibility index (Phi) is 5.15. The lowest BCUT2D eigenvalue weighted by atomic mass is 10.0. The lowest BCUT2D eigenvalue weighted by Crippen LogP contribution is -2.25. The van der Waals surface area contributed by atoms with Crippen LogP contribution in [0.5, 0.6) is 0 Å². The molecule has 3 nitrogen and oxygen atoms in total. The zero-order chi connectivity index (χ0) is 14.5. The van der Waals surface area contributed by atoms with Crippen molar-refractivity contribution in [1.29, 1.82) is 0 Å². The van der Waals surface area contributed by atoms with Crippen LogP contribution in [-0.2, 0) is 13.5 Å². The Morgan fingerprint density at radius 2 is 2.25 bits per heavy atom. The Balaban J connectivity index is 2.24. The average molecular weight is 296 g/mol. The van der Waals surface area contributed by atoms with Gasteiger partial charge in [-0.25, -0.2) is 9.37 Å². The molecule has 1 unspecified atom stereocenters. The van der Waals surface area contributed by atoms with E-state index in [0.29, 0.717) is 5.02 Å². The summed E-state index contributed by atoms with van der Waals surface area (Å²) < 4.78 is 15.2. The SMILES string of the molecule is CCCNC(Cc1nccn1C)c1ccc(F)cc1Cl. The zero-order valence-corrected chi connectivity index (χ0v) is 12.5. The van der Waals surface area contributed by atoms with Gasteiger partial charge in [-0.1, -0.05) is 24.6 Å². The maximum absolute atomic E-state index is 13.2. The molecule has 2 aromatic rings. The van der Waals surface area contributed by atoms with Crippen LogP contribution in [0.2, 0.25) is 5.02 Å². The van der Waals surface area contributed by atoms with Gasteiger partial charge < -0.3 is 9.88 Å². The Labute approximate surface area is 123 Å². The molecule has 0 fully saturated rings. The number of nitrogens with zero attached hydrogens (tertiary/aromatic N) is 2. The molecule has 0 radical (unpaired) electrons. The standard InChI is InChI=1S/C15H19ClFN3/c1-3-6-18-14(10-15-19-7-8-20(15)2)12-5-4-11(17)9-13(12)16/h4-5,7-9,14,18H,3,6,10H2,1-2H3. The van der Waals surface area contributed by atoms with E-state index in [1.54, 1.807) is 12.3 Å². The van der Waals surface area contributed by atoms with Crippen molar-refractivity contribution in [3.63, 3.8) is 0 Å². The maximum atomic E-state index is 13.2. The number of nitrogens with one attached hydrogen (secondary N) is 1. The van der Waals surface area contributed by atoms with Crippen LogP contribution in [0, 0.1) is 5.82 Å². The first-order chi connectivity index (χ1) is 9.61. The molecule has 108 valence electrons. The molecule has 0 aliphatic heterocycles. The Hall–Kier alpha value is -1.39. The molecule has 20 heavy (non-hydrogen) atoms. The predicted molar refractivity (Wildman–Crippen MR) is 79.4 cm³/mol. The van der Waals surface area contributed by atoms with E-state index in [-0.39, 0.29) is 11.9 Å². The van der Waals surface area contributed by atoms with Crippen molar-refractivity contribution in [2.45, 2.75) is 25.8 Å². The van der Waals surface area contributed by atoms with E-state index in [2.05, 4.69) is 17.2 Å². The van der Waals surface area contributed by atoms with Crippen molar-refractivity contribution in [3.8, 4) is 0 Å². The molecule has 0 amide bonds. The average Bonchev–Trinajstić information content (AvgIpc) is 2.80. The van der Waals surface area contributed by atoms with Crippen LogP contribution in [0.4, 0.5) is 4.39 Å². The number of halogens is 2. The zero-order valence-electron chi connectivity index (χ0n) is 11.7. The van der Waals surface area contributed by atoms with Crippen LogP contribution >= 0.6 is 11.6 Å². The lowest BCUT2D eigenvalue weighted by Gasteiger charge is -2.20. The molecule has 0 aliphatic carbocycles. The number of hydrogen-bond acceptors (Lipinski definition) is 2. The molecular weight excluding hydrogens is 277 g/mol. The first kappa shape index (κ1) is 15.0.